The summed E-state index contributed by atoms with van der Waals surface area (Å²) >= 11 is 0. The first-order valence-corrected chi connectivity index (χ1v) is 7.52. The van der Waals surface area contributed by atoms with Gasteiger partial charge in [0.25, 0.3) is 0 Å². The third-order valence-electron chi connectivity index (χ3n) is 4.66. The van der Waals surface area contributed by atoms with Crippen LogP contribution in [-0.2, 0) is 9.53 Å². The van der Waals surface area contributed by atoms with E-state index in [1.54, 1.807) is 0 Å². The molecule has 0 bridgehead atoms. The molecule has 19 heavy (non-hydrogen) atoms. The van der Waals surface area contributed by atoms with E-state index >= 15 is 0 Å². The van der Waals surface area contributed by atoms with E-state index in [0.29, 0.717) is 26.3 Å². The van der Waals surface area contributed by atoms with Crippen LogP contribution in [0.25, 0.3) is 0 Å². The molecule has 5 heteroatoms. The average molecular weight is 269 g/mol. The van der Waals surface area contributed by atoms with E-state index in [9.17, 15) is 4.79 Å². The van der Waals surface area contributed by atoms with Gasteiger partial charge in [0.15, 0.2) is 0 Å². The Hall–Kier alpha value is -0.650. The number of carbonyl (C=O) groups is 1. The van der Waals surface area contributed by atoms with Gasteiger partial charge in [-0.1, -0.05) is 19.8 Å². The monoisotopic (exact) mass is 269 g/mol. The van der Waals surface area contributed by atoms with Crippen LogP contribution in [0.1, 0.15) is 32.6 Å². The molecule has 0 atom stereocenters. The smallest absolute Gasteiger partial charge is 0.236 e. The quantitative estimate of drug-likeness (QED) is 0.787. The second kappa shape index (κ2) is 6.68. The number of morpholine rings is 1. The van der Waals surface area contributed by atoms with Crippen LogP contribution in [0.15, 0.2) is 0 Å². The molecule has 1 amide bonds. The lowest BCUT2D eigenvalue weighted by molar-refractivity contribution is -0.138. The molecule has 0 aromatic carbocycles. The minimum Gasteiger partial charge on any atom is -0.378 e. The van der Waals surface area contributed by atoms with Crippen molar-refractivity contribution in [2.45, 2.75) is 38.1 Å². The summed E-state index contributed by atoms with van der Waals surface area (Å²) in [6.45, 7) is 6.98. The van der Waals surface area contributed by atoms with E-state index in [0.717, 1.165) is 32.5 Å². The Labute approximate surface area is 116 Å². The van der Waals surface area contributed by atoms with Crippen molar-refractivity contribution in [3.63, 3.8) is 0 Å². The molecule has 2 N–H and O–H groups in total. The molecule has 1 aliphatic heterocycles. The first-order valence-electron chi connectivity index (χ1n) is 7.52. The Morgan fingerprint density at radius 3 is 2.47 bits per heavy atom. The number of carbonyl (C=O) groups excluding carboxylic acids is 1. The number of likely N-dealkylation sites (N-methyl/N-ethyl adjacent to an activating group) is 1. The Balaban J connectivity index is 1.95. The highest BCUT2D eigenvalue weighted by molar-refractivity contribution is 5.78. The third-order valence-corrected chi connectivity index (χ3v) is 4.66. The van der Waals surface area contributed by atoms with Crippen LogP contribution < -0.4 is 5.73 Å². The molecule has 2 aliphatic rings. The lowest BCUT2D eigenvalue weighted by Gasteiger charge is -2.41. The SMILES string of the molecule is CCN(CC(=O)N1CCOCC1)C1(CN)CCCC1. The van der Waals surface area contributed by atoms with E-state index < -0.39 is 0 Å². The van der Waals surface area contributed by atoms with Crippen molar-refractivity contribution in [1.29, 1.82) is 0 Å². The van der Waals surface area contributed by atoms with E-state index in [1.165, 1.54) is 12.8 Å². The second-order valence-corrected chi connectivity index (χ2v) is 5.64. The third kappa shape index (κ3) is 3.27. The summed E-state index contributed by atoms with van der Waals surface area (Å²) in [5.74, 6) is 0.227. The predicted octanol–water partition coefficient (Wildman–Crippen LogP) is 0.439. The fourth-order valence-corrected chi connectivity index (χ4v) is 3.37. The maximum Gasteiger partial charge on any atom is 0.236 e. The molecule has 0 unspecified atom stereocenters. The minimum atomic E-state index is 0.0662. The van der Waals surface area contributed by atoms with E-state index in [1.807, 2.05) is 4.90 Å². The maximum absolute atomic E-state index is 12.4. The number of ether oxygens (including phenoxy) is 1. The number of nitrogens with two attached hydrogens (primary N) is 1. The first kappa shape index (κ1) is 14.8. The lowest BCUT2D eigenvalue weighted by Crippen LogP contribution is -2.56. The fourth-order valence-electron chi connectivity index (χ4n) is 3.37. The highest BCUT2D eigenvalue weighted by Crippen LogP contribution is 2.34. The molecule has 1 saturated heterocycles. The molecule has 1 heterocycles. The van der Waals surface area contributed by atoms with Crippen LogP contribution in [0.4, 0.5) is 0 Å². The van der Waals surface area contributed by atoms with Crippen molar-refractivity contribution < 1.29 is 9.53 Å². The average Bonchev–Trinajstić information content (AvgIpc) is 2.95. The van der Waals surface area contributed by atoms with Gasteiger partial charge < -0.3 is 15.4 Å². The standard InChI is InChI=1S/C14H27N3O2/c1-2-17(14(12-15)5-3-4-6-14)11-13(18)16-7-9-19-10-8-16/h2-12,15H2,1H3. The zero-order chi connectivity index (χ0) is 13.7. The Morgan fingerprint density at radius 2 is 1.95 bits per heavy atom. The molecular formula is C14H27N3O2. The van der Waals surface area contributed by atoms with Crippen LogP contribution in [-0.4, -0.2) is 67.2 Å². The molecule has 2 fully saturated rings. The van der Waals surface area contributed by atoms with Crippen LogP contribution in [0.5, 0.6) is 0 Å². The van der Waals surface area contributed by atoms with Crippen LogP contribution >= 0.6 is 0 Å². The van der Waals surface area contributed by atoms with Gasteiger partial charge in [-0.25, -0.2) is 0 Å². The van der Waals surface area contributed by atoms with Gasteiger partial charge >= 0.3 is 0 Å². The molecule has 0 aromatic heterocycles. The molecule has 0 aromatic rings. The van der Waals surface area contributed by atoms with Gasteiger partial charge in [-0.2, -0.15) is 0 Å². The van der Waals surface area contributed by atoms with Gasteiger partial charge in [-0.05, 0) is 19.4 Å². The van der Waals surface area contributed by atoms with Gasteiger partial charge in [0.2, 0.25) is 5.91 Å². The molecule has 5 nitrogen and oxygen atoms in total. The summed E-state index contributed by atoms with van der Waals surface area (Å²) in [4.78, 5) is 16.6. The number of rotatable bonds is 5. The molecule has 1 aliphatic carbocycles. The van der Waals surface area contributed by atoms with E-state index in [2.05, 4.69) is 11.8 Å². The summed E-state index contributed by atoms with van der Waals surface area (Å²) in [5.41, 5.74) is 6.08. The molecule has 1 saturated carbocycles. The van der Waals surface area contributed by atoms with Gasteiger partial charge in [-0.15, -0.1) is 0 Å². The summed E-state index contributed by atoms with van der Waals surface area (Å²) in [5, 5.41) is 0. The van der Waals surface area contributed by atoms with Crippen molar-refractivity contribution in [3.8, 4) is 0 Å². The van der Waals surface area contributed by atoms with Crippen LogP contribution in [0.2, 0.25) is 0 Å². The second-order valence-electron chi connectivity index (χ2n) is 5.64. The van der Waals surface area contributed by atoms with Gasteiger partial charge in [0.05, 0.1) is 19.8 Å². The number of nitrogens with zero attached hydrogens (tertiary/aromatic N) is 2. The van der Waals surface area contributed by atoms with Crippen molar-refractivity contribution in [3.05, 3.63) is 0 Å². The molecular weight excluding hydrogens is 242 g/mol. The van der Waals surface area contributed by atoms with Gasteiger partial charge in [0.1, 0.15) is 0 Å². The summed E-state index contributed by atoms with van der Waals surface area (Å²) < 4.78 is 5.29. The largest absolute Gasteiger partial charge is 0.378 e. The van der Waals surface area contributed by atoms with Crippen molar-refractivity contribution in [2.75, 3.05) is 45.9 Å². The topological polar surface area (TPSA) is 58.8 Å². The normalized spacial score (nSPS) is 23.0. The Morgan fingerprint density at radius 1 is 1.32 bits per heavy atom. The fraction of sp³-hybridized carbons (Fsp3) is 0.929. The number of hydrogen-bond donors (Lipinski definition) is 1. The number of hydrogen-bond acceptors (Lipinski definition) is 4. The predicted molar refractivity (Wildman–Crippen MR) is 74.9 cm³/mol. The summed E-state index contributed by atoms with van der Waals surface area (Å²) in [7, 11) is 0. The van der Waals surface area contributed by atoms with Crippen LogP contribution in [0.3, 0.4) is 0 Å². The Bertz CT molecular complexity index is 297. The van der Waals surface area contributed by atoms with Crippen molar-refractivity contribution in [1.82, 2.24) is 9.80 Å². The van der Waals surface area contributed by atoms with E-state index in [-0.39, 0.29) is 11.4 Å². The minimum absolute atomic E-state index is 0.0662. The zero-order valence-electron chi connectivity index (χ0n) is 12.1. The highest BCUT2D eigenvalue weighted by Gasteiger charge is 2.38. The van der Waals surface area contributed by atoms with E-state index in [4.69, 9.17) is 10.5 Å². The summed E-state index contributed by atoms with van der Waals surface area (Å²) in [6, 6.07) is 0. The number of amides is 1. The highest BCUT2D eigenvalue weighted by atomic mass is 16.5. The molecule has 0 spiro atoms. The first-order chi connectivity index (χ1) is 9.22. The lowest BCUT2D eigenvalue weighted by atomic mass is 9.95. The zero-order valence-corrected chi connectivity index (χ0v) is 12.1. The molecule has 0 radical (unpaired) electrons. The van der Waals surface area contributed by atoms with Gasteiger partial charge in [-0.3, -0.25) is 9.69 Å². The van der Waals surface area contributed by atoms with Crippen molar-refractivity contribution in [2.24, 2.45) is 5.73 Å². The maximum atomic E-state index is 12.4. The van der Waals surface area contributed by atoms with Crippen molar-refractivity contribution >= 4 is 5.91 Å². The molecule has 110 valence electrons. The summed E-state index contributed by atoms with van der Waals surface area (Å²) in [6.07, 6.45) is 4.74. The van der Waals surface area contributed by atoms with Crippen LogP contribution in [0, 0.1) is 0 Å². The molecule has 2 rings (SSSR count). The van der Waals surface area contributed by atoms with Gasteiger partial charge in [0, 0.05) is 25.2 Å². The Kier molecular flexibility index (Phi) is 5.19.